The van der Waals surface area contributed by atoms with Crippen LogP contribution in [0.15, 0.2) is 48.7 Å². The van der Waals surface area contributed by atoms with Crippen LogP contribution in [0.5, 0.6) is 0 Å². The summed E-state index contributed by atoms with van der Waals surface area (Å²) in [4.78, 5) is 10.6. The normalized spacial score (nSPS) is 11.0. The number of hydrogen-bond donors (Lipinski definition) is 0. The molecule has 0 aliphatic carbocycles. The Bertz CT molecular complexity index is 834. The Morgan fingerprint density at radius 1 is 1.05 bits per heavy atom. The summed E-state index contributed by atoms with van der Waals surface area (Å²) in [5.74, 6) is 0. The third kappa shape index (κ3) is 2.52. The van der Waals surface area contributed by atoms with Crippen molar-refractivity contribution in [2.24, 2.45) is 0 Å². The summed E-state index contributed by atoms with van der Waals surface area (Å²) in [5.41, 5.74) is 4.74. The number of nitro groups is 1. The zero-order chi connectivity index (χ0) is 15.0. The summed E-state index contributed by atoms with van der Waals surface area (Å²) in [5, 5.41) is 11.9. The molecule has 0 unspecified atom stereocenters. The van der Waals surface area contributed by atoms with E-state index in [0.29, 0.717) is 6.54 Å². The van der Waals surface area contributed by atoms with Crippen molar-refractivity contribution in [2.45, 2.75) is 20.4 Å². The second-order valence-electron chi connectivity index (χ2n) is 5.36. The molecule has 0 atom stereocenters. The summed E-state index contributed by atoms with van der Waals surface area (Å²) in [6.45, 7) is 4.90. The fourth-order valence-electron chi connectivity index (χ4n) is 2.52. The Morgan fingerprint density at radius 2 is 1.86 bits per heavy atom. The average molecular weight is 280 g/mol. The minimum atomic E-state index is -0.354. The monoisotopic (exact) mass is 280 g/mol. The van der Waals surface area contributed by atoms with E-state index in [0.717, 1.165) is 10.9 Å². The molecule has 0 N–H and O–H groups in total. The van der Waals surface area contributed by atoms with E-state index in [4.69, 9.17) is 0 Å². The van der Waals surface area contributed by atoms with Gasteiger partial charge in [-0.3, -0.25) is 10.1 Å². The van der Waals surface area contributed by atoms with Crippen LogP contribution >= 0.6 is 0 Å². The van der Waals surface area contributed by atoms with Crippen LogP contribution in [-0.2, 0) is 6.54 Å². The van der Waals surface area contributed by atoms with E-state index in [9.17, 15) is 10.1 Å². The number of fused-ring (bicyclic) bond motifs is 1. The summed E-state index contributed by atoms with van der Waals surface area (Å²) < 4.78 is 2.05. The van der Waals surface area contributed by atoms with Crippen LogP contribution in [0.2, 0.25) is 0 Å². The molecule has 0 fully saturated rings. The smallest absolute Gasteiger partial charge is 0.271 e. The third-order valence-electron chi connectivity index (χ3n) is 3.89. The zero-order valence-corrected chi connectivity index (χ0v) is 12.0. The Hall–Kier alpha value is -2.62. The largest absolute Gasteiger partial charge is 0.343 e. The van der Waals surface area contributed by atoms with Gasteiger partial charge < -0.3 is 4.57 Å². The third-order valence-corrected chi connectivity index (χ3v) is 3.89. The van der Waals surface area contributed by atoms with Crippen LogP contribution in [0.25, 0.3) is 10.9 Å². The molecule has 0 radical (unpaired) electrons. The van der Waals surface area contributed by atoms with Gasteiger partial charge in [-0.2, -0.15) is 0 Å². The maximum absolute atomic E-state index is 10.9. The predicted molar refractivity (Wildman–Crippen MR) is 83.6 cm³/mol. The molecule has 0 spiro atoms. The van der Waals surface area contributed by atoms with Gasteiger partial charge >= 0.3 is 0 Å². The molecule has 0 saturated carbocycles. The average Bonchev–Trinajstić information content (AvgIpc) is 2.85. The fraction of sp³-hybridized carbons (Fsp3) is 0.176. The van der Waals surface area contributed by atoms with E-state index < -0.39 is 0 Å². The van der Waals surface area contributed by atoms with Gasteiger partial charge in [0.25, 0.3) is 5.69 Å². The highest BCUT2D eigenvalue weighted by atomic mass is 16.6. The zero-order valence-electron chi connectivity index (χ0n) is 12.0. The van der Waals surface area contributed by atoms with E-state index in [-0.39, 0.29) is 10.6 Å². The molecular weight excluding hydrogens is 264 g/mol. The van der Waals surface area contributed by atoms with Gasteiger partial charge in [-0.05, 0) is 42.7 Å². The molecule has 1 heterocycles. The molecule has 0 saturated heterocycles. The topological polar surface area (TPSA) is 48.1 Å². The predicted octanol–water partition coefficient (Wildman–Crippen LogP) is 4.21. The highest BCUT2D eigenvalue weighted by Gasteiger charge is 2.09. The van der Waals surface area contributed by atoms with Crippen molar-refractivity contribution in [3.05, 3.63) is 75.5 Å². The van der Waals surface area contributed by atoms with Gasteiger partial charge in [-0.15, -0.1) is 0 Å². The van der Waals surface area contributed by atoms with Crippen molar-refractivity contribution in [1.82, 2.24) is 4.57 Å². The van der Waals surface area contributed by atoms with Gasteiger partial charge in [-0.1, -0.05) is 18.2 Å². The van der Waals surface area contributed by atoms with Crippen LogP contribution in [0.1, 0.15) is 16.7 Å². The summed E-state index contributed by atoms with van der Waals surface area (Å²) in [6.07, 6.45) is 1.98. The molecule has 4 heteroatoms. The first-order valence-corrected chi connectivity index (χ1v) is 6.84. The Morgan fingerprint density at radius 3 is 2.57 bits per heavy atom. The second-order valence-corrected chi connectivity index (χ2v) is 5.36. The van der Waals surface area contributed by atoms with E-state index in [1.54, 1.807) is 18.2 Å². The molecule has 21 heavy (non-hydrogen) atoms. The molecule has 0 aliphatic rings. The van der Waals surface area contributed by atoms with Gasteiger partial charge in [0, 0.05) is 30.3 Å². The Kier molecular flexibility index (Phi) is 3.22. The summed E-state index contributed by atoms with van der Waals surface area (Å²) >= 11 is 0. The standard InChI is InChI=1S/C17H16N2O2/c1-12-3-4-14(9-13(12)2)11-18-8-7-15-5-6-16(19(20)21)10-17(15)18/h3-10H,11H2,1-2H3. The maximum atomic E-state index is 10.9. The SMILES string of the molecule is Cc1ccc(Cn2ccc3ccc([N+](=O)[O-])cc32)cc1C. The van der Waals surface area contributed by atoms with E-state index >= 15 is 0 Å². The van der Waals surface area contributed by atoms with Gasteiger partial charge in [0.15, 0.2) is 0 Å². The number of hydrogen-bond acceptors (Lipinski definition) is 2. The Labute approximate surface area is 122 Å². The molecule has 4 nitrogen and oxygen atoms in total. The lowest BCUT2D eigenvalue weighted by atomic mass is 10.1. The molecule has 3 aromatic rings. The van der Waals surface area contributed by atoms with Gasteiger partial charge in [-0.25, -0.2) is 0 Å². The Balaban J connectivity index is 2.01. The van der Waals surface area contributed by atoms with Crippen LogP contribution in [0, 0.1) is 24.0 Å². The minimum Gasteiger partial charge on any atom is -0.343 e. The first kappa shape index (κ1) is 13.4. The maximum Gasteiger partial charge on any atom is 0.271 e. The first-order chi connectivity index (χ1) is 10.0. The van der Waals surface area contributed by atoms with Gasteiger partial charge in [0.2, 0.25) is 0 Å². The number of nitro benzene ring substituents is 1. The second kappa shape index (κ2) is 5.05. The van der Waals surface area contributed by atoms with Crippen molar-refractivity contribution in [3.8, 4) is 0 Å². The van der Waals surface area contributed by atoms with E-state index in [1.165, 1.54) is 16.7 Å². The molecule has 106 valence electrons. The summed E-state index contributed by atoms with van der Waals surface area (Å²) in [7, 11) is 0. The van der Waals surface area contributed by atoms with Crippen LogP contribution in [0.4, 0.5) is 5.69 Å². The van der Waals surface area contributed by atoms with Crippen LogP contribution < -0.4 is 0 Å². The van der Waals surface area contributed by atoms with Crippen molar-refractivity contribution in [3.63, 3.8) is 0 Å². The van der Waals surface area contributed by atoms with Crippen molar-refractivity contribution in [2.75, 3.05) is 0 Å². The van der Waals surface area contributed by atoms with Crippen molar-refractivity contribution < 1.29 is 4.92 Å². The fourth-order valence-corrected chi connectivity index (χ4v) is 2.52. The quantitative estimate of drug-likeness (QED) is 0.533. The molecule has 0 amide bonds. The number of benzene rings is 2. The first-order valence-electron chi connectivity index (χ1n) is 6.84. The highest BCUT2D eigenvalue weighted by molar-refractivity contribution is 5.82. The van der Waals surface area contributed by atoms with Crippen molar-refractivity contribution in [1.29, 1.82) is 0 Å². The van der Waals surface area contributed by atoms with Crippen LogP contribution in [-0.4, -0.2) is 9.49 Å². The van der Waals surface area contributed by atoms with Gasteiger partial charge in [0.05, 0.1) is 10.4 Å². The number of aryl methyl sites for hydroxylation is 2. The number of nitrogens with zero attached hydrogens (tertiary/aromatic N) is 2. The van der Waals surface area contributed by atoms with E-state index in [1.807, 2.05) is 16.8 Å². The summed E-state index contributed by atoms with van der Waals surface area (Å²) in [6, 6.07) is 13.3. The van der Waals surface area contributed by atoms with Crippen LogP contribution in [0.3, 0.4) is 0 Å². The van der Waals surface area contributed by atoms with Crippen molar-refractivity contribution >= 4 is 16.6 Å². The number of non-ortho nitro benzene ring substituents is 1. The molecule has 1 aromatic heterocycles. The minimum absolute atomic E-state index is 0.127. The van der Waals surface area contributed by atoms with Gasteiger partial charge in [0.1, 0.15) is 0 Å². The number of aromatic nitrogens is 1. The molecule has 0 aliphatic heterocycles. The molecule has 0 bridgehead atoms. The lowest BCUT2D eigenvalue weighted by Crippen LogP contribution is -1.99. The lowest BCUT2D eigenvalue weighted by molar-refractivity contribution is -0.384. The highest BCUT2D eigenvalue weighted by Crippen LogP contribution is 2.23. The molecular formula is C17H16N2O2. The lowest BCUT2D eigenvalue weighted by Gasteiger charge is -2.08. The molecule has 2 aromatic carbocycles. The van der Waals surface area contributed by atoms with E-state index in [2.05, 4.69) is 32.0 Å². The number of rotatable bonds is 3. The molecule has 3 rings (SSSR count).